The van der Waals surface area contributed by atoms with Gasteiger partial charge in [-0.05, 0) is 29.6 Å². The summed E-state index contributed by atoms with van der Waals surface area (Å²) >= 11 is 1.29. The van der Waals surface area contributed by atoms with Crippen LogP contribution < -0.4 is 11.1 Å². The van der Waals surface area contributed by atoms with Crippen LogP contribution in [-0.4, -0.2) is 30.5 Å². The van der Waals surface area contributed by atoms with Gasteiger partial charge in [0.15, 0.2) is 0 Å². The third-order valence-corrected chi connectivity index (χ3v) is 4.75. The van der Waals surface area contributed by atoms with E-state index in [1.54, 1.807) is 17.5 Å². The van der Waals surface area contributed by atoms with E-state index in [0.29, 0.717) is 4.88 Å². The molecule has 4 aromatic rings. The maximum atomic E-state index is 13.1. The molecule has 1 amide bonds. The molecular weight excluding hydrogens is 425 g/mol. The molecule has 0 aliphatic carbocycles. The molecule has 0 atom stereocenters. The molecule has 4 rings (SSSR count). The lowest BCUT2D eigenvalue weighted by atomic mass is 10.1. The number of halogens is 3. The van der Waals surface area contributed by atoms with Crippen molar-refractivity contribution in [2.24, 2.45) is 0 Å². The van der Waals surface area contributed by atoms with E-state index in [4.69, 9.17) is 4.42 Å². The second-order valence-corrected chi connectivity index (χ2v) is 6.87. The zero-order valence-electron chi connectivity index (χ0n) is 14.8. The van der Waals surface area contributed by atoms with E-state index in [1.165, 1.54) is 28.7 Å². The van der Waals surface area contributed by atoms with Gasteiger partial charge in [0.1, 0.15) is 19.2 Å². The Morgan fingerprint density at radius 2 is 2.10 bits per heavy atom. The van der Waals surface area contributed by atoms with Crippen molar-refractivity contribution in [1.29, 1.82) is 0 Å². The highest BCUT2D eigenvalue weighted by Crippen LogP contribution is 2.33. The average molecular weight is 436 g/mol. The second kappa shape index (κ2) is 7.59. The SMILES string of the molecule is O=C(Cn1nc(-c2cccs2)oc1=O)Nc1cc(C(F)(F)F)ccc1-n1cncn1. The summed E-state index contributed by atoms with van der Waals surface area (Å²) < 4.78 is 46.3. The monoisotopic (exact) mass is 436 g/mol. The minimum Gasteiger partial charge on any atom is -0.387 e. The average Bonchev–Trinajstić information content (AvgIpc) is 3.43. The molecule has 13 heteroatoms. The highest BCUT2D eigenvalue weighted by Gasteiger charge is 2.31. The number of hydrogen-bond donors (Lipinski definition) is 1. The molecule has 0 saturated heterocycles. The molecule has 9 nitrogen and oxygen atoms in total. The minimum atomic E-state index is -4.61. The maximum absolute atomic E-state index is 13.1. The molecule has 0 spiro atoms. The Labute approximate surface area is 169 Å². The fourth-order valence-electron chi connectivity index (χ4n) is 2.58. The van der Waals surface area contributed by atoms with Crippen LogP contribution in [0.15, 0.2) is 57.6 Å². The molecule has 0 unspecified atom stereocenters. The van der Waals surface area contributed by atoms with Crippen molar-refractivity contribution in [3.8, 4) is 16.5 Å². The number of benzene rings is 1. The number of amides is 1. The largest absolute Gasteiger partial charge is 0.437 e. The molecule has 154 valence electrons. The van der Waals surface area contributed by atoms with Crippen molar-refractivity contribution in [1.82, 2.24) is 24.5 Å². The Bertz CT molecular complexity index is 1230. The summed E-state index contributed by atoms with van der Waals surface area (Å²) in [7, 11) is 0. The van der Waals surface area contributed by atoms with Gasteiger partial charge < -0.3 is 9.73 Å². The first kappa shape index (κ1) is 19.6. The number of nitrogens with one attached hydrogen (secondary N) is 1. The fourth-order valence-corrected chi connectivity index (χ4v) is 3.22. The van der Waals surface area contributed by atoms with Gasteiger partial charge in [-0.2, -0.15) is 23.0 Å². The van der Waals surface area contributed by atoms with Gasteiger partial charge in [0.2, 0.25) is 5.91 Å². The van der Waals surface area contributed by atoms with E-state index >= 15 is 0 Å². The summed E-state index contributed by atoms with van der Waals surface area (Å²) in [5.41, 5.74) is -0.948. The molecule has 0 radical (unpaired) electrons. The van der Waals surface area contributed by atoms with Gasteiger partial charge >= 0.3 is 11.9 Å². The number of carbonyl (C=O) groups excluding carboxylic acids is 1. The lowest BCUT2D eigenvalue weighted by Gasteiger charge is -2.14. The zero-order chi connectivity index (χ0) is 21.3. The van der Waals surface area contributed by atoms with Crippen LogP contribution in [-0.2, 0) is 17.5 Å². The quantitative estimate of drug-likeness (QED) is 0.516. The number of aromatic nitrogens is 5. The highest BCUT2D eigenvalue weighted by molar-refractivity contribution is 7.13. The van der Waals surface area contributed by atoms with Crippen LogP contribution in [0.25, 0.3) is 16.5 Å². The topological polar surface area (TPSA) is 108 Å². The van der Waals surface area contributed by atoms with Crippen molar-refractivity contribution >= 4 is 22.9 Å². The molecule has 0 bridgehead atoms. The molecule has 30 heavy (non-hydrogen) atoms. The van der Waals surface area contributed by atoms with Gasteiger partial charge in [-0.3, -0.25) is 4.79 Å². The predicted octanol–water partition coefficient (Wildman–Crippen LogP) is 2.80. The van der Waals surface area contributed by atoms with E-state index in [2.05, 4.69) is 20.5 Å². The number of hydrogen-bond acceptors (Lipinski definition) is 7. The number of thiophene rings is 1. The van der Waals surface area contributed by atoms with E-state index in [0.717, 1.165) is 22.9 Å². The predicted molar refractivity (Wildman–Crippen MR) is 99.1 cm³/mol. The van der Waals surface area contributed by atoms with Crippen molar-refractivity contribution in [3.63, 3.8) is 0 Å². The van der Waals surface area contributed by atoms with Crippen molar-refractivity contribution < 1.29 is 22.4 Å². The molecule has 0 aliphatic rings. The van der Waals surface area contributed by atoms with Crippen LogP contribution >= 0.6 is 11.3 Å². The summed E-state index contributed by atoms with van der Waals surface area (Å²) in [4.78, 5) is 28.7. The maximum Gasteiger partial charge on any atom is 0.437 e. The van der Waals surface area contributed by atoms with Crippen LogP contribution in [0, 0.1) is 0 Å². The summed E-state index contributed by atoms with van der Waals surface area (Å²) in [5, 5.41) is 11.9. The van der Waals surface area contributed by atoms with Crippen molar-refractivity contribution in [2.75, 3.05) is 5.32 Å². The molecule has 1 N–H and O–H groups in total. The molecule has 3 heterocycles. The normalized spacial score (nSPS) is 11.6. The van der Waals surface area contributed by atoms with Crippen LogP contribution in [0.1, 0.15) is 5.56 Å². The highest BCUT2D eigenvalue weighted by atomic mass is 32.1. The van der Waals surface area contributed by atoms with Crippen LogP contribution in [0.3, 0.4) is 0 Å². The Hall–Kier alpha value is -3.74. The summed E-state index contributed by atoms with van der Waals surface area (Å²) in [6.07, 6.45) is -2.14. The van der Waals surface area contributed by atoms with Crippen molar-refractivity contribution in [2.45, 2.75) is 12.7 Å². The Morgan fingerprint density at radius 1 is 1.27 bits per heavy atom. The smallest absolute Gasteiger partial charge is 0.387 e. The Balaban J connectivity index is 1.60. The molecule has 0 aliphatic heterocycles. The van der Waals surface area contributed by atoms with Gasteiger partial charge in [-0.1, -0.05) is 6.07 Å². The van der Waals surface area contributed by atoms with E-state index in [-0.39, 0.29) is 17.3 Å². The Kier molecular flexibility index (Phi) is 4.95. The van der Waals surface area contributed by atoms with Gasteiger partial charge in [-0.15, -0.1) is 16.4 Å². The fraction of sp³-hybridized carbons (Fsp3) is 0.118. The van der Waals surface area contributed by atoms with Gasteiger partial charge in [-0.25, -0.2) is 14.5 Å². The first-order valence-electron chi connectivity index (χ1n) is 8.29. The lowest BCUT2D eigenvalue weighted by Crippen LogP contribution is -2.26. The number of carbonyl (C=O) groups is 1. The first-order chi connectivity index (χ1) is 14.3. The van der Waals surface area contributed by atoms with Crippen LogP contribution in [0.2, 0.25) is 0 Å². The number of nitrogens with zero attached hydrogens (tertiary/aromatic N) is 5. The number of alkyl halides is 3. The molecular formula is C17H11F3N6O3S. The molecule has 1 aromatic carbocycles. The van der Waals surface area contributed by atoms with E-state index < -0.39 is 29.9 Å². The molecule has 0 saturated carbocycles. The summed E-state index contributed by atoms with van der Waals surface area (Å²) in [6.45, 7) is -0.555. The zero-order valence-corrected chi connectivity index (χ0v) is 15.6. The van der Waals surface area contributed by atoms with E-state index in [1.807, 2.05) is 0 Å². The first-order valence-corrected chi connectivity index (χ1v) is 9.17. The number of rotatable bonds is 5. The third kappa shape index (κ3) is 4.00. The molecule has 0 fully saturated rings. The molecule has 3 aromatic heterocycles. The van der Waals surface area contributed by atoms with Gasteiger partial charge in [0.05, 0.1) is 21.8 Å². The minimum absolute atomic E-state index is 0.0465. The van der Waals surface area contributed by atoms with Gasteiger partial charge in [0, 0.05) is 0 Å². The second-order valence-electron chi connectivity index (χ2n) is 5.93. The number of anilines is 1. The van der Waals surface area contributed by atoms with E-state index in [9.17, 15) is 22.8 Å². The van der Waals surface area contributed by atoms with Crippen molar-refractivity contribution in [3.05, 3.63) is 64.5 Å². The lowest BCUT2D eigenvalue weighted by molar-refractivity contribution is -0.137. The Morgan fingerprint density at radius 3 is 2.77 bits per heavy atom. The summed E-state index contributed by atoms with van der Waals surface area (Å²) in [6, 6.07) is 6.22. The van der Waals surface area contributed by atoms with Crippen LogP contribution in [0.5, 0.6) is 0 Å². The van der Waals surface area contributed by atoms with Gasteiger partial charge in [0.25, 0.3) is 5.89 Å². The summed E-state index contributed by atoms with van der Waals surface area (Å²) in [5.74, 6) is -1.59. The standard InChI is InChI=1S/C17H11F3N6O3S/c18-17(19,20)10-3-4-12(26-9-21-8-22-26)11(6-10)23-14(27)7-25-16(28)29-15(24-25)13-2-1-5-30-13/h1-6,8-9H,7H2,(H,23,27). The van der Waals surface area contributed by atoms with Crippen LogP contribution in [0.4, 0.5) is 18.9 Å². The third-order valence-electron chi connectivity index (χ3n) is 3.90.